The minimum Gasteiger partial charge on any atom is -0.497 e. The van der Waals surface area contributed by atoms with Crippen LogP contribution in [0.15, 0.2) is 71.8 Å². The van der Waals surface area contributed by atoms with Gasteiger partial charge in [0, 0.05) is 5.69 Å². The normalized spacial score (nSPS) is 10.4. The van der Waals surface area contributed by atoms with Crippen LogP contribution in [-0.4, -0.2) is 45.3 Å². The van der Waals surface area contributed by atoms with Gasteiger partial charge in [-0.15, -0.1) is 0 Å². The predicted octanol–water partition coefficient (Wildman–Crippen LogP) is 3.02. The summed E-state index contributed by atoms with van der Waals surface area (Å²) in [5.41, 5.74) is 3.45. The van der Waals surface area contributed by atoms with E-state index in [0.29, 0.717) is 28.3 Å². The molecule has 0 heterocycles. The molecule has 10 nitrogen and oxygen atoms in total. The van der Waals surface area contributed by atoms with E-state index in [4.69, 9.17) is 18.9 Å². The Balaban J connectivity index is 1.58. The molecular weight excluding hydrogens is 454 g/mol. The fraction of sp³-hybridized carbons (Fsp3) is 0.120. The molecular formula is C25H23N3O7. The minimum atomic E-state index is -0.950. The molecule has 0 aliphatic rings. The lowest BCUT2D eigenvalue weighted by atomic mass is 10.2. The lowest BCUT2D eigenvalue weighted by molar-refractivity contribution is -0.136. The lowest BCUT2D eigenvalue weighted by Gasteiger charge is -2.10. The second kappa shape index (κ2) is 11.8. The van der Waals surface area contributed by atoms with Gasteiger partial charge in [-0.25, -0.2) is 10.2 Å². The van der Waals surface area contributed by atoms with Crippen molar-refractivity contribution in [2.45, 2.75) is 0 Å². The minimum absolute atomic E-state index is 0.202. The first kappa shape index (κ1) is 24.8. The Labute approximate surface area is 201 Å². The Morgan fingerprint density at radius 1 is 0.743 bits per heavy atom. The SMILES string of the molecule is COc1ccc(NC(=O)C(=O)N/N=C/c2ccc(OC(=O)c3ccc(OC)cc3)c(OC)c2)cc1. The van der Waals surface area contributed by atoms with Gasteiger partial charge in [0.1, 0.15) is 11.5 Å². The summed E-state index contributed by atoms with van der Waals surface area (Å²) in [5.74, 6) is -0.683. The average Bonchev–Trinajstić information content (AvgIpc) is 2.89. The fourth-order valence-electron chi connectivity index (χ4n) is 2.81. The molecule has 0 unspecified atom stereocenters. The third-order valence-electron chi connectivity index (χ3n) is 4.65. The van der Waals surface area contributed by atoms with Crippen LogP contribution in [-0.2, 0) is 9.59 Å². The number of rotatable bonds is 8. The molecule has 0 fully saturated rings. The first-order valence-electron chi connectivity index (χ1n) is 10.3. The number of benzene rings is 3. The number of nitrogens with zero attached hydrogens (tertiary/aromatic N) is 1. The van der Waals surface area contributed by atoms with Gasteiger partial charge in [0.25, 0.3) is 0 Å². The molecule has 0 atom stereocenters. The number of ether oxygens (including phenoxy) is 4. The third-order valence-corrected chi connectivity index (χ3v) is 4.65. The second-order valence-corrected chi connectivity index (χ2v) is 6.91. The van der Waals surface area contributed by atoms with E-state index in [0.717, 1.165) is 0 Å². The summed E-state index contributed by atoms with van der Waals surface area (Å²) in [6, 6.07) is 17.7. The maximum atomic E-state index is 12.4. The van der Waals surface area contributed by atoms with Gasteiger partial charge in [-0.1, -0.05) is 0 Å². The number of methoxy groups -OCH3 is 3. The van der Waals surface area contributed by atoms with E-state index in [-0.39, 0.29) is 11.5 Å². The molecule has 180 valence electrons. The van der Waals surface area contributed by atoms with Gasteiger partial charge in [-0.3, -0.25) is 9.59 Å². The van der Waals surface area contributed by atoms with Crippen LogP contribution < -0.4 is 29.7 Å². The van der Waals surface area contributed by atoms with Crippen molar-refractivity contribution in [3.63, 3.8) is 0 Å². The van der Waals surface area contributed by atoms with Crippen LogP contribution in [0.2, 0.25) is 0 Å². The highest BCUT2D eigenvalue weighted by Gasteiger charge is 2.14. The maximum Gasteiger partial charge on any atom is 0.343 e. The Bertz CT molecular complexity index is 1220. The highest BCUT2D eigenvalue weighted by molar-refractivity contribution is 6.39. The van der Waals surface area contributed by atoms with Crippen molar-refractivity contribution >= 4 is 29.7 Å². The first-order valence-corrected chi connectivity index (χ1v) is 10.3. The van der Waals surface area contributed by atoms with Crippen LogP contribution in [0.3, 0.4) is 0 Å². The van der Waals surface area contributed by atoms with Crippen LogP contribution in [0.25, 0.3) is 0 Å². The Hall–Kier alpha value is -4.86. The molecule has 0 aromatic heterocycles. The quantitative estimate of drug-likeness (QED) is 0.168. The smallest absolute Gasteiger partial charge is 0.343 e. The highest BCUT2D eigenvalue weighted by Crippen LogP contribution is 2.28. The van der Waals surface area contributed by atoms with Crippen LogP contribution in [0.5, 0.6) is 23.0 Å². The Morgan fingerprint density at radius 3 is 1.97 bits per heavy atom. The summed E-state index contributed by atoms with van der Waals surface area (Å²) in [4.78, 5) is 36.4. The van der Waals surface area contributed by atoms with Crippen molar-refractivity contribution < 1.29 is 33.3 Å². The number of hydrogen-bond acceptors (Lipinski definition) is 8. The van der Waals surface area contributed by atoms with Crippen LogP contribution >= 0.6 is 0 Å². The van der Waals surface area contributed by atoms with E-state index in [1.807, 2.05) is 0 Å². The largest absolute Gasteiger partial charge is 0.497 e. The van der Waals surface area contributed by atoms with Gasteiger partial charge in [0.2, 0.25) is 0 Å². The molecule has 0 bridgehead atoms. The number of carbonyl (C=O) groups is 3. The number of hydrazone groups is 1. The predicted molar refractivity (Wildman–Crippen MR) is 128 cm³/mol. The highest BCUT2D eigenvalue weighted by atomic mass is 16.6. The molecule has 0 radical (unpaired) electrons. The molecule has 3 aromatic rings. The van der Waals surface area contributed by atoms with Crippen molar-refractivity contribution in [3.05, 3.63) is 77.9 Å². The number of hydrogen-bond donors (Lipinski definition) is 2. The monoisotopic (exact) mass is 477 g/mol. The summed E-state index contributed by atoms with van der Waals surface area (Å²) >= 11 is 0. The molecule has 2 N–H and O–H groups in total. The summed E-state index contributed by atoms with van der Waals surface area (Å²) in [7, 11) is 4.48. The molecule has 0 saturated carbocycles. The Kier molecular flexibility index (Phi) is 8.38. The van der Waals surface area contributed by atoms with E-state index in [1.165, 1.54) is 33.6 Å². The van der Waals surface area contributed by atoms with Gasteiger partial charge < -0.3 is 24.3 Å². The number of nitrogens with one attached hydrogen (secondary N) is 2. The lowest BCUT2D eigenvalue weighted by Crippen LogP contribution is -2.32. The van der Waals surface area contributed by atoms with Crippen molar-refractivity contribution in [1.82, 2.24) is 5.43 Å². The molecule has 2 amide bonds. The van der Waals surface area contributed by atoms with Crippen molar-refractivity contribution in [1.29, 1.82) is 0 Å². The molecule has 35 heavy (non-hydrogen) atoms. The summed E-state index contributed by atoms with van der Waals surface area (Å²) in [6.07, 6.45) is 1.32. The number of anilines is 1. The third kappa shape index (κ3) is 6.81. The van der Waals surface area contributed by atoms with E-state index in [9.17, 15) is 14.4 Å². The van der Waals surface area contributed by atoms with Crippen molar-refractivity contribution in [3.8, 4) is 23.0 Å². The number of amides is 2. The van der Waals surface area contributed by atoms with Gasteiger partial charge in [0.15, 0.2) is 11.5 Å². The summed E-state index contributed by atoms with van der Waals surface area (Å²) in [6.45, 7) is 0. The Morgan fingerprint density at radius 2 is 1.37 bits per heavy atom. The van der Waals surface area contributed by atoms with E-state index < -0.39 is 17.8 Å². The molecule has 0 aliphatic carbocycles. The fourth-order valence-corrected chi connectivity index (χ4v) is 2.81. The molecule has 0 saturated heterocycles. The van der Waals surface area contributed by atoms with Crippen LogP contribution in [0.1, 0.15) is 15.9 Å². The molecule has 10 heteroatoms. The van der Waals surface area contributed by atoms with Gasteiger partial charge >= 0.3 is 17.8 Å². The van der Waals surface area contributed by atoms with Crippen LogP contribution in [0, 0.1) is 0 Å². The van der Waals surface area contributed by atoms with E-state index >= 15 is 0 Å². The molecule has 0 spiro atoms. The molecule has 3 aromatic carbocycles. The maximum absolute atomic E-state index is 12.4. The molecule has 3 rings (SSSR count). The van der Waals surface area contributed by atoms with Crippen LogP contribution in [0.4, 0.5) is 5.69 Å². The van der Waals surface area contributed by atoms with E-state index in [2.05, 4.69) is 15.8 Å². The van der Waals surface area contributed by atoms with Gasteiger partial charge in [-0.2, -0.15) is 5.10 Å². The number of carbonyl (C=O) groups excluding carboxylic acids is 3. The van der Waals surface area contributed by atoms with E-state index in [1.54, 1.807) is 60.7 Å². The zero-order chi connectivity index (χ0) is 25.2. The summed E-state index contributed by atoms with van der Waals surface area (Å²) < 4.78 is 20.8. The van der Waals surface area contributed by atoms with Crippen molar-refractivity contribution in [2.75, 3.05) is 26.6 Å². The standard InChI is InChI=1S/C25H23N3O7/c1-32-19-9-5-17(6-10-19)25(31)35-21-13-4-16(14-22(21)34-3)15-26-28-24(30)23(29)27-18-7-11-20(33-2)12-8-18/h4-15H,1-3H3,(H,27,29)(H,28,30)/b26-15+. The van der Waals surface area contributed by atoms with Crippen molar-refractivity contribution in [2.24, 2.45) is 5.10 Å². The second-order valence-electron chi connectivity index (χ2n) is 6.91. The zero-order valence-electron chi connectivity index (χ0n) is 19.2. The van der Waals surface area contributed by atoms with Gasteiger partial charge in [0.05, 0.1) is 33.1 Å². The average molecular weight is 477 g/mol. The molecule has 0 aliphatic heterocycles. The zero-order valence-corrected chi connectivity index (χ0v) is 19.2. The van der Waals surface area contributed by atoms with Gasteiger partial charge in [-0.05, 0) is 72.3 Å². The summed E-state index contributed by atoms with van der Waals surface area (Å²) in [5, 5.41) is 6.23. The topological polar surface area (TPSA) is 125 Å². The first-order chi connectivity index (χ1) is 16.9. The number of esters is 1.